The van der Waals surface area contributed by atoms with Crippen molar-refractivity contribution in [3.63, 3.8) is 0 Å². The zero-order valence-corrected chi connectivity index (χ0v) is 15.7. The molecule has 4 saturated carbocycles. The first-order valence-electron chi connectivity index (χ1n) is 9.90. The first-order chi connectivity index (χ1) is 11.3. The largest absolute Gasteiger partial charge is 0.508 e. The molecular formula is C20H35NO3. The van der Waals surface area contributed by atoms with Crippen molar-refractivity contribution in [2.45, 2.75) is 77.7 Å². The van der Waals surface area contributed by atoms with Gasteiger partial charge < -0.3 is 14.8 Å². The Balaban J connectivity index is 1.25. The summed E-state index contributed by atoms with van der Waals surface area (Å²) in [5, 5.41) is 3.70. The zero-order valence-electron chi connectivity index (χ0n) is 15.7. The van der Waals surface area contributed by atoms with Gasteiger partial charge in [-0.05, 0) is 102 Å². The fraction of sp³-hybridized carbons (Fsp3) is 0.950. The van der Waals surface area contributed by atoms with E-state index in [4.69, 9.17) is 9.47 Å². The standard InChI is InChI=1S/C20H35NO3/c1-19(2,3)24-18(22)23-7-5-4-6-21-14-20-11-15-8-16(12-20)10-17(9-15)13-20/h15-17,21H,4-14H2,1-3H3. The molecule has 4 nitrogen and oxygen atoms in total. The molecule has 0 saturated heterocycles. The van der Waals surface area contributed by atoms with Crippen molar-refractivity contribution in [1.82, 2.24) is 5.32 Å². The molecule has 0 atom stereocenters. The third-order valence-electron chi connectivity index (χ3n) is 6.02. The van der Waals surface area contributed by atoms with Gasteiger partial charge in [0, 0.05) is 6.54 Å². The van der Waals surface area contributed by atoms with Crippen LogP contribution in [0.3, 0.4) is 0 Å². The van der Waals surface area contributed by atoms with Crippen molar-refractivity contribution in [3.05, 3.63) is 0 Å². The number of hydrogen-bond acceptors (Lipinski definition) is 4. The van der Waals surface area contributed by atoms with Gasteiger partial charge in [-0.15, -0.1) is 0 Å². The number of nitrogens with one attached hydrogen (secondary N) is 1. The molecule has 0 aromatic carbocycles. The fourth-order valence-corrected chi connectivity index (χ4v) is 5.65. The van der Waals surface area contributed by atoms with Gasteiger partial charge in [0.15, 0.2) is 0 Å². The van der Waals surface area contributed by atoms with Crippen molar-refractivity contribution < 1.29 is 14.3 Å². The maximum atomic E-state index is 11.4. The highest BCUT2D eigenvalue weighted by Crippen LogP contribution is 2.59. The van der Waals surface area contributed by atoms with Gasteiger partial charge in [-0.25, -0.2) is 4.79 Å². The van der Waals surface area contributed by atoms with Crippen LogP contribution in [-0.2, 0) is 9.47 Å². The smallest absolute Gasteiger partial charge is 0.434 e. The Labute approximate surface area is 147 Å². The molecule has 1 N–H and O–H groups in total. The van der Waals surface area contributed by atoms with Crippen LogP contribution in [0.2, 0.25) is 0 Å². The van der Waals surface area contributed by atoms with Crippen LogP contribution in [0.5, 0.6) is 0 Å². The molecule has 0 aromatic heterocycles. The molecule has 0 aliphatic heterocycles. The Bertz CT molecular complexity index is 405. The summed E-state index contributed by atoms with van der Waals surface area (Å²) in [5.41, 5.74) is 0.137. The second-order valence-corrected chi connectivity index (χ2v) is 9.61. The lowest BCUT2D eigenvalue weighted by atomic mass is 9.49. The lowest BCUT2D eigenvalue weighted by molar-refractivity contribution is -0.0512. The van der Waals surface area contributed by atoms with Crippen LogP contribution < -0.4 is 5.32 Å². The maximum absolute atomic E-state index is 11.4. The summed E-state index contributed by atoms with van der Waals surface area (Å²) in [5.74, 6) is 3.08. The van der Waals surface area contributed by atoms with Crippen LogP contribution in [-0.4, -0.2) is 31.5 Å². The van der Waals surface area contributed by atoms with Crippen LogP contribution in [0, 0.1) is 23.2 Å². The van der Waals surface area contributed by atoms with E-state index in [2.05, 4.69) is 5.32 Å². The third kappa shape index (κ3) is 4.87. The molecular weight excluding hydrogens is 302 g/mol. The normalized spacial score (nSPS) is 34.4. The number of rotatable bonds is 7. The van der Waals surface area contributed by atoms with Gasteiger partial charge in [-0.2, -0.15) is 0 Å². The Morgan fingerprint density at radius 1 is 1.04 bits per heavy atom. The molecule has 0 amide bonds. The second-order valence-electron chi connectivity index (χ2n) is 9.61. The minimum Gasteiger partial charge on any atom is -0.434 e. The van der Waals surface area contributed by atoms with Crippen molar-refractivity contribution in [2.24, 2.45) is 23.2 Å². The first-order valence-corrected chi connectivity index (χ1v) is 9.90. The van der Waals surface area contributed by atoms with Crippen LogP contribution in [0.1, 0.15) is 72.1 Å². The number of ether oxygens (including phenoxy) is 2. The lowest BCUT2D eigenvalue weighted by Crippen LogP contribution is -2.50. The first kappa shape index (κ1) is 18.0. The quantitative estimate of drug-likeness (QED) is 0.548. The third-order valence-corrected chi connectivity index (χ3v) is 6.02. The highest BCUT2D eigenvalue weighted by Gasteiger charge is 2.50. The van der Waals surface area contributed by atoms with Crippen molar-refractivity contribution >= 4 is 6.16 Å². The van der Waals surface area contributed by atoms with Gasteiger partial charge in [0.05, 0.1) is 6.61 Å². The summed E-state index contributed by atoms with van der Waals surface area (Å²) in [6, 6.07) is 0. The number of carbonyl (C=O) groups excluding carboxylic acids is 1. The van der Waals surface area contributed by atoms with Crippen molar-refractivity contribution in [3.8, 4) is 0 Å². The van der Waals surface area contributed by atoms with Gasteiger partial charge >= 0.3 is 6.16 Å². The number of unbranched alkanes of at least 4 members (excludes halogenated alkanes) is 1. The van der Waals surface area contributed by atoms with E-state index in [0.717, 1.165) is 37.1 Å². The molecule has 4 bridgehead atoms. The second kappa shape index (κ2) is 7.23. The van der Waals surface area contributed by atoms with Crippen molar-refractivity contribution in [1.29, 1.82) is 0 Å². The molecule has 4 rings (SSSR count). The molecule has 4 heteroatoms. The lowest BCUT2D eigenvalue weighted by Gasteiger charge is -2.57. The van der Waals surface area contributed by atoms with Crippen LogP contribution in [0.4, 0.5) is 4.79 Å². The van der Waals surface area contributed by atoms with E-state index in [1.54, 1.807) is 0 Å². The van der Waals surface area contributed by atoms with Gasteiger partial charge in [-0.1, -0.05) is 0 Å². The van der Waals surface area contributed by atoms with E-state index in [-0.39, 0.29) is 0 Å². The van der Waals surface area contributed by atoms with Gasteiger partial charge in [0.2, 0.25) is 0 Å². The Morgan fingerprint density at radius 2 is 1.62 bits per heavy atom. The molecule has 0 aromatic rings. The highest BCUT2D eigenvalue weighted by atomic mass is 16.7. The average molecular weight is 338 g/mol. The summed E-state index contributed by atoms with van der Waals surface area (Å²) >= 11 is 0. The topological polar surface area (TPSA) is 47.6 Å². The number of hydrogen-bond donors (Lipinski definition) is 1. The molecule has 0 spiro atoms. The summed E-state index contributed by atoms with van der Waals surface area (Å²) in [4.78, 5) is 11.4. The molecule has 4 aliphatic carbocycles. The Morgan fingerprint density at radius 3 is 2.17 bits per heavy atom. The highest BCUT2D eigenvalue weighted by molar-refractivity contribution is 5.60. The SMILES string of the molecule is CC(C)(C)OC(=O)OCCCCNCC12CC3CC(CC(C3)C1)C2. The van der Waals surface area contributed by atoms with Gasteiger partial charge in [0.25, 0.3) is 0 Å². The summed E-state index contributed by atoms with van der Waals surface area (Å²) in [6.07, 6.45) is 10.3. The predicted molar refractivity (Wildman–Crippen MR) is 94.9 cm³/mol. The summed E-state index contributed by atoms with van der Waals surface area (Å²) < 4.78 is 10.2. The van der Waals surface area contributed by atoms with E-state index in [9.17, 15) is 4.79 Å². The monoisotopic (exact) mass is 337 g/mol. The van der Waals surface area contributed by atoms with E-state index in [1.807, 2.05) is 20.8 Å². The average Bonchev–Trinajstić information content (AvgIpc) is 2.42. The number of carbonyl (C=O) groups is 1. The van der Waals surface area contributed by atoms with Crippen LogP contribution in [0.25, 0.3) is 0 Å². The molecule has 138 valence electrons. The molecule has 4 fully saturated rings. The Hall–Kier alpha value is -0.770. The minimum absolute atomic E-state index is 0.452. The van der Waals surface area contributed by atoms with E-state index >= 15 is 0 Å². The van der Waals surface area contributed by atoms with Crippen LogP contribution in [0.15, 0.2) is 0 Å². The van der Waals surface area contributed by atoms with Crippen molar-refractivity contribution in [2.75, 3.05) is 19.7 Å². The van der Waals surface area contributed by atoms with Crippen LogP contribution >= 0.6 is 0 Å². The fourth-order valence-electron chi connectivity index (χ4n) is 5.65. The van der Waals surface area contributed by atoms with E-state index < -0.39 is 11.8 Å². The molecule has 0 unspecified atom stereocenters. The predicted octanol–water partition coefficient (Wildman–Crippen LogP) is 4.52. The minimum atomic E-state index is -0.552. The molecule has 24 heavy (non-hydrogen) atoms. The van der Waals surface area contributed by atoms with E-state index in [1.165, 1.54) is 45.1 Å². The summed E-state index contributed by atoms with van der Waals surface area (Å²) in [6.45, 7) is 8.23. The Kier molecular flexibility index (Phi) is 5.43. The van der Waals surface area contributed by atoms with Gasteiger partial charge in [-0.3, -0.25) is 0 Å². The maximum Gasteiger partial charge on any atom is 0.508 e. The molecule has 0 radical (unpaired) electrons. The zero-order chi connectivity index (χ0) is 17.2. The molecule has 4 aliphatic rings. The molecule has 0 heterocycles. The summed E-state index contributed by atoms with van der Waals surface area (Å²) in [7, 11) is 0. The van der Waals surface area contributed by atoms with E-state index in [0.29, 0.717) is 12.0 Å². The van der Waals surface area contributed by atoms with Gasteiger partial charge in [0.1, 0.15) is 5.60 Å².